The Morgan fingerprint density at radius 2 is 2.31 bits per heavy atom. The van der Waals surface area contributed by atoms with E-state index in [0.29, 0.717) is 13.2 Å². The maximum absolute atomic E-state index is 5.98. The largest absolute Gasteiger partial charge is 0.379 e. The van der Waals surface area contributed by atoms with Crippen molar-refractivity contribution in [3.8, 4) is 0 Å². The Balaban J connectivity index is 2.04. The Hall–Kier alpha value is -1.39. The number of nitrogens with one attached hydrogen (secondary N) is 1. The molecule has 1 saturated heterocycles. The van der Waals surface area contributed by atoms with Crippen LogP contribution in [0.5, 0.6) is 0 Å². The van der Waals surface area contributed by atoms with E-state index >= 15 is 0 Å². The number of hydrogen-bond acceptors (Lipinski definition) is 3. The number of fused-ring (bicyclic) bond motifs is 1. The summed E-state index contributed by atoms with van der Waals surface area (Å²) in [6.45, 7) is 3.37. The zero-order valence-corrected chi connectivity index (χ0v) is 9.23. The minimum atomic E-state index is 0.0571. The zero-order chi connectivity index (χ0) is 11.1. The lowest BCUT2D eigenvalue weighted by Crippen LogP contribution is -2.27. The monoisotopic (exact) mass is 217 g/mol. The molecule has 1 aliphatic rings. The third kappa shape index (κ3) is 1.50. The molecule has 4 heteroatoms. The number of aryl methyl sites for hydroxylation is 1. The van der Waals surface area contributed by atoms with Crippen LogP contribution < -0.4 is 5.73 Å². The third-order valence-electron chi connectivity index (χ3n) is 3.13. The van der Waals surface area contributed by atoms with E-state index < -0.39 is 0 Å². The van der Waals surface area contributed by atoms with Gasteiger partial charge in [-0.15, -0.1) is 0 Å². The number of benzene rings is 1. The molecule has 0 spiro atoms. The Labute approximate surface area is 93.8 Å². The second kappa shape index (κ2) is 3.57. The van der Waals surface area contributed by atoms with Gasteiger partial charge >= 0.3 is 0 Å². The highest BCUT2D eigenvalue weighted by atomic mass is 16.5. The van der Waals surface area contributed by atoms with Crippen LogP contribution in [0.1, 0.15) is 17.3 Å². The Bertz CT molecular complexity index is 520. The van der Waals surface area contributed by atoms with Crippen LogP contribution in [0, 0.1) is 6.92 Å². The fourth-order valence-corrected chi connectivity index (χ4v) is 2.17. The van der Waals surface area contributed by atoms with Gasteiger partial charge in [-0.2, -0.15) is 0 Å². The Morgan fingerprint density at radius 3 is 3.06 bits per heavy atom. The van der Waals surface area contributed by atoms with Crippen LogP contribution in [0.25, 0.3) is 11.0 Å². The van der Waals surface area contributed by atoms with Crippen molar-refractivity contribution in [3.05, 3.63) is 29.6 Å². The van der Waals surface area contributed by atoms with E-state index in [-0.39, 0.29) is 12.0 Å². The van der Waals surface area contributed by atoms with E-state index in [1.165, 1.54) is 5.56 Å². The molecule has 0 saturated carbocycles. The van der Waals surface area contributed by atoms with Crippen LogP contribution in [0.3, 0.4) is 0 Å². The number of H-pyrrole nitrogens is 1. The van der Waals surface area contributed by atoms with Gasteiger partial charge in [-0.25, -0.2) is 4.98 Å². The van der Waals surface area contributed by atoms with E-state index in [1.807, 2.05) is 6.07 Å². The van der Waals surface area contributed by atoms with E-state index in [1.54, 1.807) is 0 Å². The molecule has 4 nitrogen and oxygen atoms in total. The van der Waals surface area contributed by atoms with Gasteiger partial charge in [-0.1, -0.05) is 6.07 Å². The first-order chi connectivity index (χ1) is 7.74. The topological polar surface area (TPSA) is 63.9 Å². The van der Waals surface area contributed by atoms with Gasteiger partial charge in [-0.05, 0) is 24.6 Å². The highest BCUT2D eigenvalue weighted by molar-refractivity contribution is 5.75. The highest BCUT2D eigenvalue weighted by Gasteiger charge is 2.28. The van der Waals surface area contributed by atoms with Gasteiger partial charge in [0.2, 0.25) is 0 Å². The minimum absolute atomic E-state index is 0.0571. The number of ether oxygens (including phenoxy) is 1. The molecule has 1 aromatic heterocycles. The van der Waals surface area contributed by atoms with Gasteiger partial charge in [0, 0.05) is 6.04 Å². The van der Waals surface area contributed by atoms with Crippen molar-refractivity contribution in [3.63, 3.8) is 0 Å². The summed E-state index contributed by atoms with van der Waals surface area (Å²) in [6, 6.07) is 6.26. The van der Waals surface area contributed by atoms with Gasteiger partial charge in [0.1, 0.15) is 5.82 Å². The maximum Gasteiger partial charge on any atom is 0.114 e. The predicted octanol–water partition coefficient (Wildman–Crippen LogP) is 1.31. The van der Waals surface area contributed by atoms with Crippen LogP contribution in [0.15, 0.2) is 18.2 Å². The number of hydrogen-bond donors (Lipinski definition) is 2. The zero-order valence-electron chi connectivity index (χ0n) is 9.23. The highest BCUT2D eigenvalue weighted by Crippen LogP contribution is 2.24. The number of imidazole rings is 1. The first kappa shape index (κ1) is 9.81. The number of aromatic nitrogens is 2. The second-order valence-electron chi connectivity index (χ2n) is 4.45. The van der Waals surface area contributed by atoms with Crippen molar-refractivity contribution >= 4 is 11.0 Å². The summed E-state index contributed by atoms with van der Waals surface area (Å²) in [6.07, 6.45) is 0. The van der Waals surface area contributed by atoms with Crippen molar-refractivity contribution < 1.29 is 4.74 Å². The second-order valence-corrected chi connectivity index (χ2v) is 4.45. The van der Waals surface area contributed by atoms with Crippen molar-refractivity contribution in [2.24, 2.45) is 5.73 Å². The van der Waals surface area contributed by atoms with Gasteiger partial charge in [-0.3, -0.25) is 0 Å². The number of nitrogens with two attached hydrogens (primary N) is 1. The smallest absolute Gasteiger partial charge is 0.114 e. The average molecular weight is 217 g/mol. The SMILES string of the molecule is Cc1ccc2nc(C3COCC3N)[nH]c2c1. The molecule has 1 aliphatic heterocycles. The minimum Gasteiger partial charge on any atom is -0.379 e. The molecule has 2 heterocycles. The molecular formula is C12H15N3O. The predicted molar refractivity (Wildman–Crippen MR) is 62.4 cm³/mol. The van der Waals surface area contributed by atoms with Crippen LogP contribution >= 0.6 is 0 Å². The van der Waals surface area contributed by atoms with E-state index in [2.05, 4.69) is 29.0 Å². The number of rotatable bonds is 1. The molecule has 0 bridgehead atoms. The van der Waals surface area contributed by atoms with Crippen LogP contribution in [0.4, 0.5) is 0 Å². The molecule has 1 aromatic carbocycles. The van der Waals surface area contributed by atoms with Crippen molar-refractivity contribution in [2.75, 3.05) is 13.2 Å². The van der Waals surface area contributed by atoms with Crippen molar-refractivity contribution in [1.82, 2.24) is 9.97 Å². The quantitative estimate of drug-likeness (QED) is 0.757. The molecule has 16 heavy (non-hydrogen) atoms. The molecule has 2 atom stereocenters. The van der Waals surface area contributed by atoms with E-state index in [0.717, 1.165) is 16.9 Å². The molecule has 2 aromatic rings. The fourth-order valence-electron chi connectivity index (χ4n) is 2.17. The first-order valence-electron chi connectivity index (χ1n) is 5.53. The summed E-state index contributed by atoms with van der Waals surface area (Å²) < 4.78 is 5.36. The van der Waals surface area contributed by atoms with E-state index in [9.17, 15) is 0 Å². The molecule has 0 radical (unpaired) electrons. The van der Waals surface area contributed by atoms with Crippen LogP contribution in [-0.2, 0) is 4.74 Å². The molecule has 0 amide bonds. The van der Waals surface area contributed by atoms with Gasteiger partial charge in [0.05, 0.1) is 30.2 Å². The van der Waals surface area contributed by atoms with Crippen molar-refractivity contribution in [1.29, 1.82) is 0 Å². The summed E-state index contributed by atoms with van der Waals surface area (Å²) in [5, 5.41) is 0. The van der Waals surface area contributed by atoms with Crippen molar-refractivity contribution in [2.45, 2.75) is 18.9 Å². The standard InChI is InChI=1S/C12H15N3O/c1-7-2-3-10-11(4-7)15-12(14-10)8-5-16-6-9(8)13/h2-4,8-9H,5-6,13H2,1H3,(H,14,15). The third-order valence-corrected chi connectivity index (χ3v) is 3.13. The summed E-state index contributed by atoms with van der Waals surface area (Å²) in [5.74, 6) is 1.15. The summed E-state index contributed by atoms with van der Waals surface area (Å²) in [7, 11) is 0. The average Bonchev–Trinajstić information content (AvgIpc) is 2.82. The molecular weight excluding hydrogens is 202 g/mol. The molecule has 0 aliphatic carbocycles. The summed E-state index contributed by atoms with van der Waals surface area (Å²) >= 11 is 0. The lowest BCUT2D eigenvalue weighted by molar-refractivity contribution is 0.190. The van der Waals surface area contributed by atoms with E-state index in [4.69, 9.17) is 10.5 Å². The van der Waals surface area contributed by atoms with Gasteiger partial charge in [0.25, 0.3) is 0 Å². The molecule has 3 rings (SSSR count). The Kier molecular flexibility index (Phi) is 2.19. The summed E-state index contributed by atoms with van der Waals surface area (Å²) in [5.41, 5.74) is 9.29. The lowest BCUT2D eigenvalue weighted by Gasteiger charge is -2.08. The molecule has 2 unspecified atom stereocenters. The normalized spacial score (nSPS) is 25.4. The summed E-state index contributed by atoms with van der Waals surface area (Å²) in [4.78, 5) is 7.91. The number of nitrogens with zero attached hydrogens (tertiary/aromatic N) is 1. The molecule has 1 fully saturated rings. The lowest BCUT2D eigenvalue weighted by atomic mass is 10.0. The van der Waals surface area contributed by atoms with Gasteiger partial charge < -0.3 is 15.5 Å². The van der Waals surface area contributed by atoms with Crippen LogP contribution in [-0.4, -0.2) is 29.2 Å². The fraction of sp³-hybridized carbons (Fsp3) is 0.417. The Morgan fingerprint density at radius 1 is 1.44 bits per heavy atom. The molecule has 3 N–H and O–H groups in total. The molecule has 84 valence electrons. The first-order valence-corrected chi connectivity index (χ1v) is 5.53. The maximum atomic E-state index is 5.98. The number of aromatic amines is 1. The van der Waals surface area contributed by atoms with Crippen LogP contribution in [0.2, 0.25) is 0 Å². The van der Waals surface area contributed by atoms with Gasteiger partial charge in [0.15, 0.2) is 0 Å².